The Bertz CT molecular complexity index is 998. The fraction of sp³-hybridized carbons (Fsp3) is 0.583. The summed E-state index contributed by atoms with van der Waals surface area (Å²) in [5, 5.41) is 7.12. The molecule has 170 valence electrons. The number of thioether (sulfide) groups is 1. The van der Waals surface area contributed by atoms with Crippen molar-refractivity contribution in [2.75, 3.05) is 61.0 Å². The summed E-state index contributed by atoms with van der Waals surface area (Å²) in [6.45, 7) is 10.9. The molecular formula is C24H32N6OS. The molecule has 0 bridgehead atoms. The Balaban J connectivity index is 1.29. The molecule has 8 heteroatoms. The van der Waals surface area contributed by atoms with Gasteiger partial charge in [0.05, 0.1) is 11.3 Å². The molecule has 2 aromatic rings. The smallest absolute Gasteiger partial charge is 0.146 e. The number of fused-ring (bicyclic) bond motifs is 2. The maximum absolute atomic E-state index is 6.54. The lowest BCUT2D eigenvalue weighted by atomic mass is 9.88. The SMILES string of the molecule is Cc1cc(C2CN(C3CCNC3)C2)cc2c1OC(C)c1c(ncnc1N1CCSCC1)N2. The lowest BCUT2D eigenvalue weighted by molar-refractivity contribution is 0.101. The van der Waals surface area contributed by atoms with Crippen LogP contribution in [0.15, 0.2) is 18.5 Å². The molecule has 1 aromatic carbocycles. The van der Waals surface area contributed by atoms with Gasteiger partial charge in [-0.1, -0.05) is 6.07 Å². The highest BCUT2D eigenvalue weighted by molar-refractivity contribution is 7.99. The molecule has 5 heterocycles. The first-order valence-corrected chi connectivity index (χ1v) is 13.0. The van der Waals surface area contributed by atoms with E-state index in [1.54, 1.807) is 6.33 Å². The van der Waals surface area contributed by atoms with Gasteiger partial charge in [-0.25, -0.2) is 9.97 Å². The van der Waals surface area contributed by atoms with Crippen LogP contribution in [0.4, 0.5) is 17.3 Å². The van der Waals surface area contributed by atoms with Crippen LogP contribution in [0.3, 0.4) is 0 Å². The number of anilines is 3. The Morgan fingerprint density at radius 3 is 2.78 bits per heavy atom. The van der Waals surface area contributed by atoms with Crippen molar-refractivity contribution in [1.82, 2.24) is 20.2 Å². The van der Waals surface area contributed by atoms with Crippen molar-refractivity contribution in [2.24, 2.45) is 0 Å². The first-order chi connectivity index (χ1) is 15.7. The molecule has 2 N–H and O–H groups in total. The van der Waals surface area contributed by atoms with Gasteiger partial charge in [-0.05, 0) is 44.0 Å². The first-order valence-electron chi connectivity index (χ1n) is 11.9. The summed E-state index contributed by atoms with van der Waals surface area (Å²) >= 11 is 2.01. The van der Waals surface area contributed by atoms with Crippen LogP contribution in [0.2, 0.25) is 0 Å². The third-order valence-electron chi connectivity index (χ3n) is 7.36. The molecule has 3 fully saturated rings. The molecule has 4 aliphatic heterocycles. The molecule has 2 unspecified atom stereocenters. The average molecular weight is 453 g/mol. The average Bonchev–Trinajstić information content (AvgIpc) is 3.24. The summed E-state index contributed by atoms with van der Waals surface area (Å²) in [6.07, 6.45) is 2.86. The molecule has 0 saturated carbocycles. The second-order valence-corrected chi connectivity index (χ2v) is 10.7. The Morgan fingerprint density at radius 1 is 1.16 bits per heavy atom. The number of nitrogens with zero attached hydrogens (tertiary/aromatic N) is 4. The Kier molecular flexibility index (Phi) is 5.39. The lowest BCUT2D eigenvalue weighted by Gasteiger charge is -2.43. The van der Waals surface area contributed by atoms with Crippen LogP contribution in [0, 0.1) is 6.92 Å². The van der Waals surface area contributed by atoms with Gasteiger partial charge in [0, 0.05) is 56.2 Å². The molecule has 6 rings (SSSR count). The van der Waals surface area contributed by atoms with E-state index in [-0.39, 0.29) is 6.10 Å². The lowest BCUT2D eigenvalue weighted by Crippen LogP contribution is -2.51. The van der Waals surface area contributed by atoms with Crippen LogP contribution in [0.5, 0.6) is 5.75 Å². The molecule has 0 amide bonds. The highest BCUT2D eigenvalue weighted by atomic mass is 32.2. The Morgan fingerprint density at radius 2 is 2.00 bits per heavy atom. The zero-order valence-electron chi connectivity index (χ0n) is 18.9. The fourth-order valence-corrected chi connectivity index (χ4v) is 6.41. The molecule has 7 nitrogen and oxygen atoms in total. The summed E-state index contributed by atoms with van der Waals surface area (Å²) in [5.74, 6) is 5.70. The van der Waals surface area contributed by atoms with Crippen molar-refractivity contribution in [3.05, 3.63) is 35.2 Å². The molecule has 2 atom stereocenters. The standard InChI is InChI=1S/C24H32N6OS/c1-15-9-17(18-12-30(13-18)19-3-4-25-11-19)10-20-22(15)31-16(2)21-23(28-20)26-14-27-24(21)29-5-7-32-8-6-29/h9-10,14,16,18-19,25H,3-8,11-13H2,1-2H3,(H,26,27,28). The number of nitrogens with one attached hydrogen (secondary N) is 2. The van der Waals surface area contributed by atoms with Gasteiger partial charge in [-0.3, -0.25) is 4.90 Å². The fourth-order valence-electron chi connectivity index (χ4n) is 5.51. The number of hydrogen-bond acceptors (Lipinski definition) is 8. The topological polar surface area (TPSA) is 65.5 Å². The van der Waals surface area contributed by atoms with E-state index in [1.807, 2.05) is 11.8 Å². The largest absolute Gasteiger partial charge is 0.483 e. The van der Waals surface area contributed by atoms with Gasteiger partial charge in [0.25, 0.3) is 0 Å². The van der Waals surface area contributed by atoms with E-state index >= 15 is 0 Å². The minimum Gasteiger partial charge on any atom is -0.483 e. The predicted octanol–water partition coefficient (Wildman–Crippen LogP) is 3.30. The summed E-state index contributed by atoms with van der Waals surface area (Å²) in [6, 6.07) is 5.33. The maximum Gasteiger partial charge on any atom is 0.146 e. The summed E-state index contributed by atoms with van der Waals surface area (Å²) < 4.78 is 6.54. The second-order valence-electron chi connectivity index (χ2n) is 9.46. The maximum atomic E-state index is 6.54. The van der Waals surface area contributed by atoms with Gasteiger partial charge in [0.15, 0.2) is 0 Å². The monoisotopic (exact) mass is 452 g/mol. The van der Waals surface area contributed by atoms with Crippen molar-refractivity contribution in [1.29, 1.82) is 0 Å². The minimum absolute atomic E-state index is 0.108. The molecule has 0 spiro atoms. The molecule has 0 radical (unpaired) electrons. The van der Waals surface area contributed by atoms with Crippen LogP contribution in [0.1, 0.15) is 42.1 Å². The molecular weight excluding hydrogens is 420 g/mol. The number of ether oxygens (including phenoxy) is 1. The normalized spacial score (nSPS) is 25.9. The minimum atomic E-state index is -0.108. The van der Waals surface area contributed by atoms with Crippen LogP contribution in [0.25, 0.3) is 0 Å². The van der Waals surface area contributed by atoms with Crippen LogP contribution < -0.4 is 20.3 Å². The molecule has 1 aromatic heterocycles. The van der Waals surface area contributed by atoms with E-state index in [9.17, 15) is 0 Å². The Hall–Kier alpha value is -2.03. The van der Waals surface area contributed by atoms with Gasteiger partial charge in [0.2, 0.25) is 0 Å². The van der Waals surface area contributed by atoms with E-state index in [4.69, 9.17) is 4.74 Å². The van der Waals surface area contributed by atoms with Crippen molar-refractivity contribution in [2.45, 2.75) is 38.3 Å². The summed E-state index contributed by atoms with van der Waals surface area (Å²) in [5.41, 5.74) is 4.69. The number of aryl methyl sites for hydroxylation is 1. The van der Waals surface area contributed by atoms with Crippen LogP contribution in [-0.4, -0.2) is 71.7 Å². The first kappa shape index (κ1) is 20.6. The number of aromatic nitrogens is 2. The van der Waals surface area contributed by atoms with E-state index in [2.05, 4.69) is 56.4 Å². The third kappa shape index (κ3) is 3.62. The number of hydrogen-bond donors (Lipinski definition) is 2. The number of rotatable bonds is 3. The van der Waals surface area contributed by atoms with Gasteiger partial charge in [-0.15, -0.1) is 0 Å². The number of likely N-dealkylation sites (tertiary alicyclic amines) is 1. The summed E-state index contributed by atoms with van der Waals surface area (Å²) in [4.78, 5) is 14.3. The number of benzene rings is 1. The van der Waals surface area contributed by atoms with Crippen molar-refractivity contribution >= 4 is 29.1 Å². The molecule has 3 saturated heterocycles. The van der Waals surface area contributed by atoms with Crippen LogP contribution >= 0.6 is 11.8 Å². The predicted molar refractivity (Wildman–Crippen MR) is 131 cm³/mol. The Labute approximate surface area is 194 Å². The van der Waals surface area contributed by atoms with Crippen LogP contribution in [-0.2, 0) is 0 Å². The van der Waals surface area contributed by atoms with Gasteiger partial charge >= 0.3 is 0 Å². The highest BCUT2D eigenvalue weighted by Gasteiger charge is 2.36. The van der Waals surface area contributed by atoms with Crippen molar-refractivity contribution in [3.8, 4) is 5.75 Å². The van der Waals surface area contributed by atoms with Crippen molar-refractivity contribution in [3.63, 3.8) is 0 Å². The highest BCUT2D eigenvalue weighted by Crippen LogP contribution is 2.45. The summed E-state index contributed by atoms with van der Waals surface area (Å²) in [7, 11) is 0. The van der Waals surface area contributed by atoms with E-state index < -0.39 is 0 Å². The van der Waals surface area contributed by atoms with E-state index in [1.165, 1.54) is 17.5 Å². The van der Waals surface area contributed by atoms with Gasteiger partial charge < -0.3 is 20.3 Å². The molecule has 0 aliphatic carbocycles. The molecule has 4 aliphatic rings. The quantitative estimate of drug-likeness (QED) is 0.736. The third-order valence-corrected chi connectivity index (χ3v) is 8.30. The zero-order valence-corrected chi connectivity index (χ0v) is 19.7. The second kappa shape index (κ2) is 8.39. The van der Waals surface area contributed by atoms with E-state index in [0.29, 0.717) is 12.0 Å². The molecule has 32 heavy (non-hydrogen) atoms. The van der Waals surface area contributed by atoms with Gasteiger partial charge in [0.1, 0.15) is 29.8 Å². The van der Waals surface area contributed by atoms with E-state index in [0.717, 1.165) is 79.4 Å². The van der Waals surface area contributed by atoms with Gasteiger partial charge in [-0.2, -0.15) is 11.8 Å². The van der Waals surface area contributed by atoms with Crippen molar-refractivity contribution < 1.29 is 4.74 Å². The zero-order chi connectivity index (χ0) is 21.7.